The van der Waals surface area contributed by atoms with Gasteiger partial charge in [-0.05, 0) is 38.0 Å². The highest BCUT2D eigenvalue weighted by Crippen LogP contribution is 2.31. The van der Waals surface area contributed by atoms with Crippen molar-refractivity contribution in [3.63, 3.8) is 0 Å². The fraction of sp³-hybridized carbons (Fsp3) is 0.353. The number of amides is 1. The Bertz CT molecular complexity index is 724. The van der Waals surface area contributed by atoms with Crippen molar-refractivity contribution in [1.29, 1.82) is 0 Å². The number of carbonyl (C=O) groups is 1. The number of nitrogens with zero attached hydrogens (tertiary/aromatic N) is 3. The second-order valence-corrected chi connectivity index (χ2v) is 5.45. The van der Waals surface area contributed by atoms with Gasteiger partial charge in [0.15, 0.2) is 0 Å². The molecule has 0 unspecified atom stereocenters. The molecule has 22 heavy (non-hydrogen) atoms. The molecule has 1 aliphatic heterocycles. The van der Waals surface area contributed by atoms with Gasteiger partial charge >= 0.3 is 0 Å². The molecule has 1 aliphatic rings. The summed E-state index contributed by atoms with van der Waals surface area (Å²) in [6, 6.07) is 8.91. The third-order valence-electron chi connectivity index (χ3n) is 4.13. The molecule has 1 saturated heterocycles. The van der Waals surface area contributed by atoms with E-state index in [-0.39, 0.29) is 17.5 Å². The Labute approximate surface area is 129 Å². The molecular weight excluding hydrogens is 278 g/mol. The van der Waals surface area contributed by atoms with E-state index >= 15 is 0 Å². The first-order valence-electron chi connectivity index (χ1n) is 7.63. The first-order valence-corrected chi connectivity index (χ1v) is 7.63. The van der Waals surface area contributed by atoms with Crippen LogP contribution in [0.1, 0.15) is 41.9 Å². The van der Waals surface area contributed by atoms with Crippen LogP contribution in [-0.2, 0) is 6.54 Å². The first-order chi connectivity index (χ1) is 10.7. The molecule has 5 heteroatoms. The van der Waals surface area contributed by atoms with Gasteiger partial charge in [-0.2, -0.15) is 0 Å². The quantitative estimate of drug-likeness (QED) is 0.873. The Kier molecular flexibility index (Phi) is 4.04. The van der Waals surface area contributed by atoms with Gasteiger partial charge < -0.3 is 9.47 Å². The third kappa shape index (κ3) is 2.66. The lowest BCUT2D eigenvalue weighted by atomic mass is 10.1. The van der Waals surface area contributed by atoms with Gasteiger partial charge in [-0.25, -0.2) is 0 Å². The third-order valence-corrected chi connectivity index (χ3v) is 4.13. The molecule has 0 N–H and O–H groups in total. The summed E-state index contributed by atoms with van der Waals surface area (Å²) in [4.78, 5) is 30.9. The van der Waals surface area contributed by atoms with Crippen LogP contribution in [0.4, 0.5) is 0 Å². The van der Waals surface area contributed by atoms with Crippen LogP contribution in [0.25, 0.3) is 0 Å². The van der Waals surface area contributed by atoms with Gasteiger partial charge in [0, 0.05) is 37.1 Å². The topological polar surface area (TPSA) is 55.2 Å². The number of pyridine rings is 2. The van der Waals surface area contributed by atoms with Crippen LogP contribution in [0.2, 0.25) is 0 Å². The lowest BCUT2D eigenvalue weighted by Crippen LogP contribution is -2.32. The normalized spacial score (nSPS) is 17.7. The smallest absolute Gasteiger partial charge is 0.254 e. The molecule has 0 saturated carbocycles. The summed E-state index contributed by atoms with van der Waals surface area (Å²) >= 11 is 0. The summed E-state index contributed by atoms with van der Waals surface area (Å²) in [5.74, 6) is -0.0893. The van der Waals surface area contributed by atoms with Crippen LogP contribution in [0.3, 0.4) is 0 Å². The van der Waals surface area contributed by atoms with Crippen molar-refractivity contribution in [2.45, 2.75) is 32.4 Å². The molecule has 3 rings (SSSR count). The fourth-order valence-electron chi connectivity index (χ4n) is 2.96. The summed E-state index contributed by atoms with van der Waals surface area (Å²) in [5, 5.41) is 0. The van der Waals surface area contributed by atoms with Crippen molar-refractivity contribution < 1.29 is 4.79 Å². The minimum atomic E-state index is -0.137. The Balaban J connectivity index is 1.88. The largest absolute Gasteiger partial charge is 0.330 e. The highest BCUT2D eigenvalue weighted by Gasteiger charge is 2.31. The highest BCUT2D eigenvalue weighted by molar-refractivity contribution is 5.94. The van der Waals surface area contributed by atoms with E-state index in [2.05, 4.69) is 4.98 Å². The van der Waals surface area contributed by atoms with Crippen LogP contribution in [-0.4, -0.2) is 26.9 Å². The standard InChI is InChI=1S/C17H19N3O2/c1-2-19-11-8-13(12-16(19)21)17(22)20-10-5-7-15(20)14-6-3-4-9-18-14/h3-4,6,8-9,11-12,15H,2,5,7,10H2,1H3/t15-/m0/s1. The van der Waals surface area contributed by atoms with Crippen LogP contribution >= 0.6 is 0 Å². The zero-order valence-corrected chi connectivity index (χ0v) is 12.6. The molecule has 0 spiro atoms. The molecule has 1 amide bonds. The Hall–Kier alpha value is -2.43. The van der Waals surface area contributed by atoms with Crippen molar-refractivity contribution in [3.8, 4) is 0 Å². The number of aromatic nitrogens is 2. The van der Waals surface area contributed by atoms with E-state index in [9.17, 15) is 9.59 Å². The number of rotatable bonds is 3. The average molecular weight is 297 g/mol. The van der Waals surface area contributed by atoms with Crippen molar-refractivity contribution >= 4 is 5.91 Å². The van der Waals surface area contributed by atoms with Crippen molar-refractivity contribution in [2.75, 3.05) is 6.54 Å². The Morgan fingerprint density at radius 1 is 1.36 bits per heavy atom. The summed E-state index contributed by atoms with van der Waals surface area (Å²) in [6.07, 6.45) is 5.30. The molecule has 1 atom stereocenters. The van der Waals surface area contributed by atoms with Gasteiger partial charge in [0.05, 0.1) is 11.7 Å². The molecule has 5 nitrogen and oxygen atoms in total. The lowest BCUT2D eigenvalue weighted by Gasteiger charge is -2.24. The van der Waals surface area contributed by atoms with Gasteiger partial charge in [-0.3, -0.25) is 14.6 Å². The number of carbonyl (C=O) groups excluding carboxylic acids is 1. The lowest BCUT2D eigenvalue weighted by molar-refractivity contribution is 0.0732. The van der Waals surface area contributed by atoms with E-state index in [4.69, 9.17) is 0 Å². The van der Waals surface area contributed by atoms with Crippen LogP contribution < -0.4 is 5.56 Å². The number of aryl methyl sites for hydroxylation is 1. The molecule has 0 aliphatic carbocycles. The predicted octanol–water partition coefficient (Wildman–Crippen LogP) is 2.24. The molecule has 114 valence electrons. The molecule has 0 aromatic carbocycles. The summed E-state index contributed by atoms with van der Waals surface area (Å²) in [7, 11) is 0. The molecule has 2 aromatic heterocycles. The Morgan fingerprint density at radius 2 is 2.23 bits per heavy atom. The maximum atomic E-state index is 12.7. The van der Waals surface area contributed by atoms with Crippen molar-refractivity contribution in [3.05, 3.63) is 64.3 Å². The average Bonchev–Trinajstić information content (AvgIpc) is 3.04. The molecule has 0 bridgehead atoms. The zero-order chi connectivity index (χ0) is 15.5. The maximum absolute atomic E-state index is 12.7. The number of hydrogen-bond acceptors (Lipinski definition) is 3. The second kappa shape index (κ2) is 6.13. The van der Waals surface area contributed by atoms with Gasteiger partial charge in [-0.15, -0.1) is 0 Å². The number of likely N-dealkylation sites (tertiary alicyclic amines) is 1. The molecule has 1 fully saturated rings. The SMILES string of the molecule is CCn1ccc(C(=O)N2CCC[C@H]2c2ccccn2)cc1=O. The van der Waals surface area contributed by atoms with Crippen molar-refractivity contribution in [2.24, 2.45) is 0 Å². The summed E-state index contributed by atoms with van der Waals surface area (Å²) in [6.45, 7) is 3.21. The molecule has 3 heterocycles. The second-order valence-electron chi connectivity index (χ2n) is 5.45. The van der Waals surface area contributed by atoms with E-state index in [0.29, 0.717) is 18.7 Å². The minimum absolute atomic E-state index is 0.00214. The maximum Gasteiger partial charge on any atom is 0.254 e. The van der Waals surface area contributed by atoms with E-state index < -0.39 is 0 Å². The Morgan fingerprint density at radius 3 is 2.91 bits per heavy atom. The van der Waals surface area contributed by atoms with Crippen LogP contribution in [0.5, 0.6) is 0 Å². The molecular formula is C17H19N3O2. The fourth-order valence-corrected chi connectivity index (χ4v) is 2.96. The minimum Gasteiger partial charge on any atom is -0.330 e. The van der Waals surface area contributed by atoms with Crippen molar-refractivity contribution in [1.82, 2.24) is 14.5 Å². The highest BCUT2D eigenvalue weighted by atomic mass is 16.2. The molecule has 2 aromatic rings. The first kappa shape index (κ1) is 14.5. The zero-order valence-electron chi connectivity index (χ0n) is 12.6. The van der Waals surface area contributed by atoms with E-state index in [0.717, 1.165) is 18.5 Å². The van der Waals surface area contributed by atoms with Gasteiger partial charge in [-0.1, -0.05) is 6.07 Å². The van der Waals surface area contributed by atoms with Crippen LogP contribution in [0, 0.1) is 0 Å². The summed E-state index contributed by atoms with van der Waals surface area (Å²) < 4.78 is 1.58. The van der Waals surface area contributed by atoms with Crippen LogP contribution in [0.15, 0.2) is 47.5 Å². The summed E-state index contributed by atoms with van der Waals surface area (Å²) in [5.41, 5.74) is 1.23. The van der Waals surface area contributed by atoms with E-state index in [1.807, 2.05) is 30.0 Å². The van der Waals surface area contributed by atoms with E-state index in [1.165, 1.54) is 6.07 Å². The monoisotopic (exact) mass is 297 g/mol. The molecule has 0 radical (unpaired) electrons. The van der Waals surface area contributed by atoms with Gasteiger partial charge in [0.2, 0.25) is 0 Å². The number of hydrogen-bond donors (Lipinski definition) is 0. The van der Waals surface area contributed by atoms with Gasteiger partial charge in [0.25, 0.3) is 11.5 Å². The van der Waals surface area contributed by atoms with E-state index in [1.54, 1.807) is 23.0 Å². The van der Waals surface area contributed by atoms with Gasteiger partial charge in [0.1, 0.15) is 0 Å². The predicted molar refractivity (Wildman–Crippen MR) is 83.6 cm³/mol.